The molecule has 0 bridgehead atoms. The lowest BCUT2D eigenvalue weighted by atomic mass is 9.98. The Hall–Kier alpha value is -2.02. The van der Waals surface area contributed by atoms with Crippen molar-refractivity contribution in [3.05, 3.63) is 35.9 Å². The van der Waals surface area contributed by atoms with Crippen LogP contribution >= 0.6 is 0 Å². The zero-order chi connectivity index (χ0) is 18.2. The van der Waals surface area contributed by atoms with Gasteiger partial charge in [-0.3, -0.25) is 4.39 Å². The fourth-order valence-electron chi connectivity index (χ4n) is 2.50. The lowest BCUT2D eigenvalue weighted by Gasteiger charge is -2.26. The lowest BCUT2D eigenvalue weighted by Crippen LogP contribution is -2.34. The van der Waals surface area contributed by atoms with Gasteiger partial charge in [-0.2, -0.15) is 8.78 Å². The van der Waals surface area contributed by atoms with Gasteiger partial charge in [0.2, 0.25) is 11.6 Å². The van der Waals surface area contributed by atoms with Crippen LogP contribution in [0.1, 0.15) is 26.2 Å². The van der Waals surface area contributed by atoms with Crippen LogP contribution in [0.25, 0.3) is 0 Å². The van der Waals surface area contributed by atoms with Crippen LogP contribution in [0.4, 0.5) is 13.2 Å². The zero-order valence-electron chi connectivity index (χ0n) is 14.0. The van der Waals surface area contributed by atoms with Crippen molar-refractivity contribution in [2.24, 2.45) is 5.92 Å². The van der Waals surface area contributed by atoms with Crippen molar-refractivity contribution in [1.82, 2.24) is 0 Å². The molecule has 1 aliphatic rings. The van der Waals surface area contributed by atoms with Crippen molar-refractivity contribution < 1.29 is 32.2 Å². The van der Waals surface area contributed by atoms with Crippen molar-refractivity contribution in [2.75, 3.05) is 19.9 Å². The second-order valence-electron chi connectivity index (χ2n) is 5.61. The molecule has 2 rings (SSSR count). The number of carbonyl (C=O) groups is 1. The first-order valence-electron chi connectivity index (χ1n) is 8.23. The van der Waals surface area contributed by atoms with Gasteiger partial charge in [-0.15, -0.1) is 0 Å². The Morgan fingerprint density at radius 3 is 2.64 bits per heavy atom. The van der Waals surface area contributed by atoms with E-state index >= 15 is 0 Å². The second-order valence-corrected chi connectivity index (χ2v) is 5.61. The Morgan fingerprint density at radius 2 is 2.00 bits per heavy atom. The third-order valence-corrected chi connectivity index (χ3v) is 3.78. The normalized spacial score (nSPS) is 20.6. The van der Waals surface area contributed by atoms with Gasteiger partial charge in [0.1, 0.15) is 0 Å². The first kappa shape index (κ1) is 19.3. The quantitative estimate of drug-likeness (QED) is 0.420. The van der Waals surface area contributed by atoms with Crippen LogP contribution in [0.15, 0.2) is 24.3 Å². The number of hydrogen-bond acceptors (Lipinski definition) is 4. The topological polar surface area (TPSA) is 44.8 Å². The van der Waals surface area contributed by atoms with Crippen LogP contribution in [0.5, 0.6) is 11.5 Å². The Balaban J connectivity index is 1.92. The van der Waals surface area contributed by atoms with Gasteiger partial charge in [-0.1, -0.05) is 12.2 Å². The molecule has 0 spiro atoms. The molecule has 4 nitrogen and oxygen atoms in total. The highest BCUT2D eigenvalue weighted by Gasteiger charge is 2.29. The fraction of sp³-hybridized carbons (Fsp3) is 0.500. The number of esters is 1. The van der Waals surface area contributed by atoms with Crippen LogP contribution in [0.2, 0.25) is 0 Å². The average molecular weight is 358 g/mol. The highest BCUT2D eigenvalue weighted by Crippen LogP contribution is 2.29. The van der Waals surface area contributed by atoms with Crippen LogP contribution < -0.4 is 9.47 Å². The van der Waals surface area contributed by atoms with E-state index in [1.807, 2.05) is 6.08 Å². The maximum Gasteiger partial charge on any atom is 0.340 e. The summed E-state index contributed by atoms with van der Waals surface area (Å²) in [6.07, 6.45) is 4.19. The molecule has 1 heterocycles. The molecule has 1 aromatic carbocycles. The smallest absolute Gasteiger partial charge is 0.340 e. The minimum atomic E-state index is -1.28. The number of hydrogen-bond donors (Lipinski definition) is 0. The molecular formula is C18H21F3O4. The van der Waals surface area contributed by atoms with Gasteiger partial charge in [-0.25, -0.2) is 4.79 Å². The summed E-state index contributed by atoms with van der Waals surface area (Å²) < 4.78 is 55.1. The monoisotopic (exact) mass is 358 g/mol. The SMILES string of the molecule is CCOc1ccc(OC(=O)C2CCC(/C=C/CCF)CO2)c(F)c1F. The molecule has 0 saturated carbocycles. The number of rotatable bonds is 7. The molecule has 1 saturated heterocycles. The summed E-state index contributed by atoms with van der Waals surface area (Å²) in [5, 5.41) is 0. The van der Waals surface area contributed by atoms with E-state index in [2.05, 4.69) is 0 Å². The number of benzene rings is 1. The van der Waals surface area contributed by atoms with E-state index in [1.165, 1.54) is 6.07 Å². The number of ether oxygens (including phenoxy) is 3. The fourth-order valence-corrected chi connectivity index (χ4v) is 2.50. The third-order valence-electron chi connectivity index (χ3n) is 3.78. The highest BCUT2D eigenvalue weighted by molar-refractivity contribution is 5.77. The lowest BCUT2D eigenvalue weighted by molar-refractivity contribution is -0.151. The predicted molar refractivity (Wildman–Crippen MR) is 85.4 cm³/mol. The minimum Gasteiger partial charge on any atom is -0.491 e. The first-order chi connectivity index (χ1) is 12.1. The highest BCUT2D eigenvalue weighted by atomic mass is 19.2. The molecule has 2 atom stereocenters. The summed E-state index contributed by atoms with van der Waals surface area (Å²) >= 11 is 0. The molecule has 7 heteroatoms. The van der Waals surface area contributed by atoms with Crippen molar-refractivity contribution >= 4 is 5.97 Å². The van der Waals surface area contributed by atoms with Crippen LogP contribution in [0.3, 0.4) is 0 Å². The summed E-state index contributed by atoms with van der Waals surface area (Å²) in [5.41, 5.74) is 0. The van der Waals surface area contributed by atoms with E-state index in [0.717, 1.165) is 6.07 Å². The van der Waals surface area contributed by atoms with E-state index in [9.17, 15) is 18.0 Å². The van der Waals surface area contributed by atoms with Gasteiger partial charge in [0.15, 0.2) is 17.6 Å². The van der Waals surface area contributed by atoms with Crippen molar-refractivity contribution in [1.29, 1.82) is 0 Å². The molecule has 138 valence electrons. The number of carbonyl (C=O) groups excluding carboxylic acids is 1. The van der Waals surface area contributed by atoms with Crippen molar-refractivity contribution in [2.45, 2.75) is 32.3 Å². The maximum atomic E-state index is 13.9. The summed E-state index contributed by atoms with van der Waals surface area (Å²) in [6.45, 7) is 1.71. The Kier molecular flexibility index (Phi) is 7.31. The number of allylic oxidation sites excluding steroid dienone is 1. The summed E-state index contributed by atoms with van der Waals surface area (Å²) in [5.74, 6) is -3.88. The molecule has 1 fully saturated rings. The third kappa shape index (κ3) is 5.22. The largest absolute Gasteiger partial charge is 0.491 e. The van der Waals surface area contributed by atoms with Gasteiger partial charge in [-0.05, 0) is 38.3 Å². The van der Waals surface area contributed by atoms with Gasteiger partial charge >= 0.3 is 5.97 Å². The first-order valence-corrected chi connectivity index (χ1v) is 8.23. The zero-order valence-corrected chi connectivity index (χ0v) is 14.0. The molecule has 2 unspecified atom stereocenters. The predicted octanol–water partition coefficient (Wildman–Crippen LogP) is 3.98. The maximum absolute atomic E-state index is 13.9. The van der Waals surface area contributed by atoms with Gasteiger partial charge in [0.05, 0.1) is 19.9 Å². The average Bonchev–Trinajstić information content (AvgIpc) is 2.62. The van der Waals surface area contributed by atoms with Crippen LogP contribution in [-0.2, 0) is 9.53 Å². The van der Waals surface area contributed by atoms with E-state index in [1.54, 1.807) is 13.0 Å². The van der Waals surface area contributed by atoms with Gasteiger partial charge < -0.3 is 14.2 Å². The number of alkyl halides is 1. The summed E-state index contributed by atoms with van der Waals surface area (Å²) in [6, 6.07) is 2.35. The van der Waals surface area contributed by atoms with Crippen molar-refractivity contribution in [3.8, 4) is 11.5 Å². The number of halogens is 3. The Labute approximate surface area is 144 Å². The van der Waals surface area contributed by atoms with Crippen LogP contribution in [0, 0.1) is 17.6 Å². The van der Waals surface area contributed by atoms with E-state index in [0.29, 0.717) is 25.9 Å². The molecule has 25 heavy (non-hydrogen) atoms. The molecule has 0 N–H and O–H groups in total. The summed E-state index contributed by atoms with van der Waals surface area (Å²) in [4.78, 5) is 12.1. The standard InChI is InChI=1S/C18H21F3O4/c1-2-23-13-8-9-14(17(21)16(13)20)25-18(22)15-7-6-12(11-24-15)5-3-4-10-19/h3,5,8-9,12,15H,2,4,6-7,10-11H2,1H3/b5-3+. The molecule has 1 aromatic rings. The van der Waals surface area contributed by atoms with E-state index in [4.69, 9.17) is 14.2 Å². The van der Waals surface area contributed by atoms with Gasteiger partial charge in [0, 0.05) is 5.92 Å². The van der Waals surface area contributed by atoms with E-state index < -0.39 is 36.1 Å². The molecule has 0 amide bonds. The van der Waals surface area contributed by atoms with Crippen molar-refractivity contribution in [3.63, 3.8) is 0 Å². The molecule has 0 aliphatic carbocycles. The second kappa shape index (κ2) is 9.46. The minimum absolute atomic E-state index is 0.107. The Morgan fingerprint density at radius 1 is 1.28 bits per heavy atom. The van der Waals surface area contributed by atoms with E-state index in [-0.39, 0.29) is 18.3 Å². The van der Waals surface area contributed by atoms with Gasteiger partial charge in [0.25, 0.3) is 0 Å². The Bertz CT molecular complexity index is 611. The molecule has 0 aromatic heterocycles. The summed E-state index contributed by atoms with van der Waals surface area (Å²) in [7, 11) is 0. The molecule has 0 radical (unpaired) electrons. The molecular weight excluding hydrogens is 337 g/mol. The molecule has 1 aliphatic heterocycles. The van der Waals surface area contributed by atoms with Crippen LogP contribution in [-0.4, -0.2) is 32.0 Å².